The first-order valence-electron chi connectivity index (χ1n) is 16.8. The molecule has 2 atom stereocenters. The third kappa shape index (κ3) is 9.09. The largest absolute Gasteiger partial charge is 0.490 e. The monoisotopic (exact) mass is 757 g/mol. The number of ether oxygens (including phenoxy) is 4. The van der Waals surface area contributed by atoms with Crippen molar-refractivity contribution in [3.63, 3.8) is 0 Å². The maximum absolute atomic E-state index is 14.4. The normalized spacial score (nSPS) is 18.5. The molecule has 14 heteroatoms. The van der Waals surface area contributed by atoms with E-state index in [4.69, 9.17) is 37.4 Å². The highest BCUT2D eigenvalue weighted by Crippen LogP contribution is 2.37. The number of carbonyl (C=O) groups excluding carboxylic acids is 2. The van der Waals surface area contributed by atoms with E-state index in [1.807, 2.05) is 0 Å². The number of carbonyl (C=O) groups is 2. The molecule has 2 bridgehead atoms. The first-order chi connectivity index (χ1) is 25.1. The molecule has 0 N–H and O–H groups in total. The molecular formula is C38H36Cl2F3N3O6. The zero-order valence-corrected chi connectivity index (χ0v) is 29.7. The van der Waals surface area contributed by atoms with Crippen molar-refractivity contribution in [3.05, 3.63) is 117 Å². The molecule has 274 valence electrons. The Kier molecular flexibility index (Phi) is 12.1. The Morgan fingerprint density at radius 2 is 1.73 bits per heavy atom. The summed E-state index contributed by atoms with van der Waals surface area (Å²) < 4.78 is 62.8. The molecule has 0 saturated carbocycles. The first-order valence-corrected chi connectivity index (χ1v) is 17.6. The summed E-state index contributed by atoms with van der Waals surface area (Å²) in [7, 11) is 0. The average Bonchev–Trinajstić information content (AvgIpc) is 3.13. The number of pyridine rings is 1. The molecule has 4 heterocycles. The van der Waals surface area contributed by atoms with Gasteiger partial charge in [0.1, 0.15) is 18.0 Å². The second-order valence-corrected chi connectivity index (χ2v) is 13.3. The molecule has 0 aliphatic carbocycles. The lowest BCUT2D eigenvalue weighted by Gasteiger charge is -2.44. The van der Waals surface area contributed by atoms with Gasteiger partial charge in [-0.2, -0.15) is 8.78 Å². The van der Waals surface area contributed by atoms with Crippen molar-refractivity contribution in [2.75, 3.05) is 31.1 Å². The number of benzene rings is 3. The van der Waals surface area contributed by atoms with Crippen LogP contribution >= 0.6 is 23.2 Å². The third-order valence-electron chi connectivity index (χ3n) is 9.14. The summed E-state index contributed by atoms with van der Waals surface area (Å²) >= 11 is 12.9. The van der Waals surface area contributed by atoms with Crippen molar-refractivity contribution in [3.8, 4) is 11.5 Å². The molecule has 3 aromatic carbocycles. The summed E-state index contributed by atoms with van der Waals surface area (Å²) in [4.78, 5) is 35.1. The Balaban J connectivity index is 1.26. The summed E-state index contributed by atoms with van der Waals surface area (Å²) in [6, 6.07) is 16.4. The van der Waals surface area contributed by atoms with Crippen LogP contribution in [0.3, 0.4) is 0 Å². The Morgan fingerprint density at radius 3 is 2.40 bits per heavy atom. The molecule has 52 heavy (non-hydrogen) atoms. The fraction of sp³-hybridized carbons (Fsp3) is 0.342. The summed E-state index contributed by atoms with van der Waals surface area (Å²) in [6.07, 6.45) is 2.80. The van der Waals surface area contributed by atoms with E-state index in [2.05, 4.69) is 14.6 Å². The van der Waals surface area contributed by atoms with E-state index in [-0.39, 0.29) is 58.7 Å². The number of piperidine rings is 3. The molecule has 3 aliphatic heterocycles. The van der Waals surface area contributed by atoms with Gasteiger partial charge in [-0.1, -0.05) is 47.5 Å². The van der Waals surface area contributed by atoms with Crippen LogP contribution in [0, 0.1) is 11.7 Å². The Labute approximate surface area is 309 Å². The van der Waals surface area contributed by atoms with Gasteiger partial charge in [-0.25, -0.2) is 14.0 Å². The van der Waals surface area contributed by atoms with E-state index in [0.29, 0.717) is 28.9 Å². The summed E-state index contributed by atoms with van der Waals surface area (Å²) in [5, 5.41) is 0.474. The summed E-state index contributed by atoms with van der Waals surface area (Å²) in [5.74, 6) is -1.14. The Hall–Kier alpha value is -4.52. The molecule has 0 spiro atoms. The second kappa shape index (κ2) is 16.9. The Bertz CT molecular complexity index is 1870. The highest BCUT2D eigenvalue weighted by molar-refractivity contribution is 6.35. The fourth-order valence-electron chi connectivity index (χ4n) is 6.55. The van der Waals surface area contributed by atoms with Crippen molar-refractivity contribution in [1.29, 1.82) is 0 Å². The molecule has 1 aromatic heterocycles. The van der Waals surface area contributed by atoms with Gasteiger partial charge >= 0.3 is 18.7 Å². The van der Waals surface area contributed by atoms with Gasteiger partial charge in [0, 0.05) is 25.4 Å². The molecule has 9 nitrogen and oxygen atoms in total. The second-order valence-electron chi connectivity index (χ2n) is 12.5. The molecule has 3 fully saturated rings. The minimum Gasteiger partial charge on any atom is -0.490 e. The maximum Gasteiger partial charge on any atom is 0.414 e. The number of fused-ring (bicyclic) bond motifs is 3. The van der Waals surface area contributed by atoms with Crippen LogP contribution in [0.1, 0.15) is 52.9 Å². The molecule has 3 saturated heterocycles. The van der Waals surface area contributed by atoms with E-state index in [0.717, 1.165) is 25.9 Å². The fourth-order valence-corrected chi connectivity index (χ4v) is 7.07. The van der Waals surface area contributed by atoms with Crippen molar-refractivity contribution in [1.82, 2.24) is 9.88 Å². The van der Waals surface area contributed by atoms with Crippen LogP contribution in [-0.4, -0.2) is 60.9 Å². The lowest BCUT2D eigenvalue weighted by atomic mass is 9.86. The van der Waals surface area contributed by atoms with Crippen LogP contribution in [0.25, 0.3) is 0 Å². The van der Waals surface area contributed by atoms with Gasteiger partial charge in [-0.15, -0.1) is 0 Å². The van der Waals surface area contributed by atoms with Crippen molar-refractivity contribution in [2.45, 2.75) is 51.6 Å². The van der Waals surface area contributed by atoms with Crippen LogP contribution < -0.4 is 14.4 Å². The average molecular weight is 759 g/mol. The zero-order chi connectivity index (χ0) is 36.8. The van der Waals surface area contributed by atoms with Crippen molar-refractivity contribution in [2.24, 2.45) is 5.92 Å². The van der Waals surface area contributed by atoms with Crippen molar-refractivity contribution >= 4 is 41.0 Å². The standard InChI is InChI=1S/C38H36Cl2F3N3O6/c1-2-49-34-16-25(9-10-32(34)51-37(42)43)33(18-29-30(39)19-44-20-31(29)40)50-36(47)26-6-3-5-23(15-26)21-46(28-8-4-7-27(41)17-28)38(48)52-35-22-45-13-11-24(35)12-14-45/h3-10,15-17,19-20,24,33,35,37H,2,11-14,18,21-22H2,1H3/t33-,35-/m0/s1. The Morgan fingerprint density at radius 1 is 0.981 bits per heavy atom. The van der Waals surface area contributed by atoms with Crippen LogP contribution in [-0.2, 0) is 22.4 Å². The van der Waals surface area contributed by atoms with E-state index in [1.54, 1.807) is 37.3 Å². The van der Waals surface area contributed by atoms with E-state index >= 15 is 0 Å². The number of halogens is 5. The van der Waals surface area contributed by atoms with Crippen LogP contribution in [0.15, 0.2) is 79.1 Å². The lowest BCUT2D eigenvalue weighted by Crippen LogP contribution is -2.53. The van der Waals surface area contributed by atoms with Crippen LogP contribution in [0.5, 0.6) is 11.5 Å². The maximum atomic E-state index is 14.4. The lowest BCUT2D eigenvalue weighted by molar-refractivity contribution is -0.0514. The highest BCUT2D eigenvalue weighted by atomic mass is 35.5. The minimum absolute atomic E-state index is 0.00497. The number of nitrogens with zero attached hydrogens (tertiary/aromatic N) is 3. The summed E-state index contributed by atoms with van der Waals surface area (Å²) in [5.41, 5.74) is 1.85. The predicted molar refractivity (Wildman–Crippen MR) is 189 cm³/mol. The van der Waals surface area contributed by atoms with E-state index < -0.39 is 30.6 Å². The van der Waals surface area contributed by atoms with Gasteiger partial charge in [0.25, 0.3) is 0 Å². The third-order valence-corrected chi connectivity index (χ3v) is 9.79. The molecule has 3 aliphatic rings. The van der Waals surface area contributed by atoms with Gasteiger partial charge in [0.05, 0.1) is 34.4 Å². The van der Waals surface area contributed by atoms with Gasteiger partial charge < -0.3 is 18.9 Å². The number of esters is 1. The first kappa shape index (κ1) is 37.2. The minimum atomic E-state index is -3.08. The van der Waals surface area contributed by atoms with Gasteiger partial charge in [-0.05, 0) is 97.9 Å². The molecule has 0 unspecified atom stereocenters. The SMILES string of the molecule is CCOc1cc([C@H](Cc2c(Cl)cncc2Cl)OC(=O)c2cccc(CN(C(=O)O[C@H]3CN4CCC3CC4)c3cccc(F)c3)c2)ccc1OC(F)F. The van der Waals surface area contributed by atoms with Gasteiger partial charge in [0.2, 0.25) is 0 Å². The van der Waals surface area contributed by atoms with Gasteiger partial charge in [0.15, 0.2) is 11.5 Å². The smallest absolute Gasteiger partial charge is 0.414 e. The number of alkyl halides is 2. The van der Waals surface area contributed by atoms with Crippen LogP contribution in [0.2, 0.25) is 10.0 Å². The molecule has 0 radical (unpaired) electrons. The topological polar surface area (TPSA) is 90.4 Å². The number of rotatable bonds is 13. The molecule has 7 rings (SSSR count). The highest BCUT2D eigenvalue weighted by Gasteiger charge is 2.37. The molecular weight excluding hydrogens is 722 g/mol. The number of anilines is 1. The van der Waals surface area contributed by atoms with Crippen LogP contribution in [0.4, 0.5) is 23.7 Å². The number of hydrogen-bond acceptors (Lipinski definition) is 8. The summed E-state index contributed by atoms with van der Waals surface area (Å²) in [6.45, 7) is 1.34. The number of aromatic nitrogens is 1. The van der Waals surface area contributed by atoms with Crippen molar-refractivity contribution < 1.29 is 41.7 Å². The van der Waals surface area contributed by atoms with E-state index in [1.165, 1.54) is 53.7 Å². The quantitative estimate of drug-likeness (QED) is 0.125. The van der Waals surface area contributed by atoms with Gasteiger partial charge in [-0.3, -0.25) is 14.8 Å². The zero-order valence-electron chi connectivity index (χ0n) is 28.2. The van der Waals surface area contributed by atoms with E-state index in [9.17, 15) is 22.8 Å². The predicted octanol–water partition coefficient (Wildman–Crippen LogP) is 8.91. The molecule has 1 amide bonds. The number of hydrogen-bond donors (Lipinski definition) is 0. The number of amides is 1. The molecule has 4 aromatic rings.